The van der Waals surface area contributed by atoms with Gasteiger partial charge in [0.1, 0.15) is 5.76 Å². The molecule has 1 fully saturated rings. The number of hydrogen-bond acceptors (Lipinski definition) is 4. The van der Waals surface area contributed by atoms with E-state index in [0.717, 1.165) is 44.3 Å². The van der Waals surface area contributed by atoms with Crippen LogP contribution in [-0.4, -0.2) is 35.6 Å². The van der Waals surface area contributed by atoms with Crippen LogP contribution in [-0.2, 0) is 13.0 Å². The molecule has 1 N–H and O–H groups in total. The van der Waals surface area contributed by atoms with E-state index in [1.165, 1.54) is 12.8 Å². The fourth-order valence-electron chi connectivity index (χ4n) is 2.36. The lowest BCUT2D eigenvalue weighted by molar-refractivity contribution is 0.171. The minimum Gasteiger partial charge on any atom is -0.444 e. The Morgan fingerprint density at radius 2 is 2.41 bits per heavy atom. The molecule has 0 aliphatic carbocycles. The molecular formula is C13H23N3O. The third-order valence-corrected chi connectivity index (χ3v) is 3.29. The first-order valence-corrected chi connectivity index (χ1v) is 6.71. The van der Waals surface area contributed by atoms with Crippen molar-refractivity contribution >= 4 is 0 Å². The van der Waals surface area contributed by atoms with Gasteiger partial charge in [0.15, 0.2) is 0 Å². The third-order valence-electron chi connectivity index (χ3n) is 3.29. The summed E-state index contributed by atoms with van der Waals surface area (Å²) < 4.78 is 5.66. The molecule has 2 rings (SSSR count). The van der Waals surface area contributed by atoms with E-state index in [2.05, 4.69) is 29.0 Å². The van der Waals surface area contributed by atoms with Gasteiger partial charge in [-0.2, -0.15) is 0 Å². The first kappa shape index (κ1) is 12.6. The molecule has 0 radical (unpaired) electrons. The topological polar surface area (TPSA) is 41.3 Å². The first-order chi connectivity index (χ1) is 8.31. The number of rotatable bonds is 5. The van der Waals surface area contributed by atoms with Gasteiger partial charge in [-0.25, -0.2) is 4.98 Å². The zero-order valence-corrected chi connectivity index (χ0v) is 10.9. The summed E-state index contributed by atoms with van der Waals surface area (Å²) in [6.07, 6.45) is 5.26. The van der Waals surface area contributed by atoms with Crippen molar-refractivity contribution in [2.45, 2.75) is 45.7 Å². The Labute approximate surface area is 103 Å². The fourth-order valence-corrected chi connectivity index (χ4v) is 2.36. The second-order valence-corrected chi connectivity index (χ2v) is 4.75. The molecule has 4 nitrogen and oxygen atoms in total. The first-order valence-electron chi connectivity index (χ1n) is 6.71. The van der Waals surface area contributed by atoms with E-state index in [-0.39, 0.29) is 0 Å². The summed E-state index contributed by atoms with van der Waals surface area (Å²) in [5.74, 6) is 1.85. The van der Waals surface area contributed by atoms with E-state index in [1.807, 2.05) is 6.20 Å². The van der Waals surface area contributed by atoms with Crippen LogP contribution in [0.15, 0.2) is 10.6 Å². The van der Waals surface area contributed by atoms with Gasteiger partial charge in [-0.15, -0.1) is 0 Å². The predicted octanol–water partition coefficient (Wildman–Crippen LogP) is 1.81. The van der Waals surface area contributed by atoms with Crippen LogP contribution in [0.3, 0.4) is 0 Å². The average Bonchev–Trinajstić information content (AvgIpc) is 2.78. The van der Waals surface area contributed by atoms with E-state index in [4.69, 9.17) is 4.42 Å². The van der Waals surface area contributed by atoms with Crippen LogP contribution in [0.4, 0.5) is 0 Å². The molecule has 0 saturated carbocycles. The van der Waals surface area contributed by atoms with Gasteiger partial charge in [-0.1, -0.05) is 20.3 Å². The monoisotopic (exact) mass is 237 g/mol. The van der Waals surface area contributed by atoms with Crippen molar-refractivity contribution in [3.05, 3.63) is 17.8 Å². The zero-order chi connectivity index (χ0) is 12.1. The van der Waals surface area contributed by atoms with Crippen molar-refractivity contribution in [3.8, 4) is 0 Å². The lowest BCUT2D eigenvalue weighted by Crippen LogP contribution is -2.50. The molecule has 0 bridgehead atoms. The van der Waals surface area contributed by atoms with Crippen LogP contribution in [0.1, 0.15) is 38.3 Å². The second-order valence-electron chi connectivity index (χ2n) is 4.75. The summed E-state index contributed by atoms with van der Waals surface area (Å²) in [7, 11) is 0. The van der Waals surface area contributed by atoms with Crippen LogP contribution in [0.2, 0.25) is 0 Å². The van der Waals surface area contributed by atoms with Crippen molar-refractivity contribution in [3.63, 3.8) is 0 Å². The maximum atomic E-state index is 5.66. The minimum atomic E-state index is 0.634. The maximum Gasteiger partial charge on any atom is 0.208 e. The summed E-state index contributed by atoms with van der Waals surface area (Å²) in [6, 6.07) is 0.634. The van der Waals surface area contributed by atoms with Crippen LogP contribution in [0.25, 0.3) is 0 Å². The standard InChI is InChI=1S/C13H23N3O/c1-3-5-11-9-16(7-6-14-11)10-13-15-8-12(4-2)17-13/h8,11,14H,3-7,9-10H2,1-2H3. The number of aromatic nitrogens is 1. The molecule has 1 aromatic rings. The van der Waals surface area contributed by atoms with E-state index in [9.17, 15) is 0 Å². The van der Waals surface area contributed by atoms with Gasteiger partial charge < -0.3 is 9.73 Å². The number of oxazole rings is 1. The zero-order valence-electron chi connectivity index (χ0n) is 10.9. The Hall–Kier alpha value is -0.870. The van der Waals surface area contributed by atoms with Crippen molar-refractivity contribution in [1.82, 2.24) is 15.2 Å². The summed E-state index contributed by atoms with van der Waals surface area (Å²) >= 11 is 0. The van der Waals surface area contributed by atoms with Gasteiger partial charge in [0.25, 0.3) is 0 Å². The Bertz CT molecular complexity index is 335. The highest BCUT2D eigenvalue weighted by atomic mass is 16.4. The number of aryl methyl sites for hydroxylation is 1. The van der Waals surface area contributed by atoms with E-state index >= 15 is 0 Å². The fraction of sp³-hybridized carbons (Fsp3) is 0.769. The van der Waals surface area contributed by atoms with Gasteiger partial charge in [-0.3, -0.25) is 4.90 Å². The molecule has 1 aliphatic heterocycles. The highest BCUT2D eigenvalue weighted by Gasteiger charge is 2.19. The number of nitrogens with one attached hydrogen (secondary N) is 1. The minimum absolute atomic E-state index is 0.634. The predicted molar refractivity (Wildman–Crippen MR) is 67.9 cm³/mol. The summed E-state index contributed by atoms with van der Waals surface area (Å²) in [6.45, 7) is 8.45. The molecule has 1 atom stereocenters. The quantitative estimate of drug-likeness (QED) is 0.848. The molecular weight excluding hydrogens is 214 g/mol. The molecule has 4 heteroatoms. The highest BCUT2D eigenvalue weighted by Crippen LogP contribution is 2.11. The largest absolute Gasteiger partial charge is 0.444 e. The summed E-state index contributed by atoms with van der Waals surface area (Å²) in [5.41, 5.74) is 0. The molecule has 1 unspecified atom stereocenters. The summed E-state index contributed by atoms with van der Waals surface area (Å²) in [4.78, 5) is 6.76. The van der Waals surface area contributed by atoms with E-state index in [1.54, 1.807) is 0 Å². The van der Waals surface area contributed by atoms with Crippen molar-refractivity contribution < 1.29 is 4.42 Å². The Morgan fingerprint density at radius 3 is 3.12 bits per heavy atom. The van der Waals surface area contributed by atoms with E-state index in [0.29, 0.717) is 6.04 Å². The van der Waals surface area contributed by atoms with Crippen LogP contribution in [0, 0.1) is 0 Å². The van der Waals surface area contributed by atoms with Crippen LogP contribution >= 0.6 is 0 Å². The van der Waals surface area contributed by atoms with Gasteiger partial charge in [0.2, 0.25) is 5.89 Å². The van der Waals surface area contributed by atoms with Gasteiger partial charge >= 0.3 is 0 Å². The molecule has 1 aliphatic rings. The normalized spacial score (nSPS) is 21.9. The molecule has 96 valence electrons. The van der Waals surface area contributed by atoms with Crippen molar-refractivity contribution in [1.29, 1.82) is 0 Å². The average molecular weight is 237 g/mol. The molecule has 2 heterocycles. The highest BCUT2D eigenvalue weighted by molar-refractivity contribution is 4.94. The SMILES string of the molecule is CCCC1CN(Cc2ncc(CC)o2)CCN1. The Balaban J connectivity index is 1.85. The lowest BCUT2D eigenvalue weighted by Gasteiger charge is -2.32. The Kier molecular flexibility index (Phi) is 4.57. The number of hydrogen-bond donors (Lipinski definition) is 1. The van der Waals surface area contributed by atoms with Gasteiger partial charge in [0, 0.05) is 32.1 Å². The molecule has 0 spiro atoms. The molecule has 0 amide bonds. The van der Waals surface area contributed by atoms with Crippen LogP contribution in [0.5, 0.6) is 0 Å². The molecule has 1 aromatic heterocycles. The molecule has 1 saturated heterocycles. The van der Waals surface area contributed by atoms with E-state index < -0.39 is 0 Å². The smallest absolute Gasteiger partial charge is 0.208 e. The van der Waals surface area contributed by atoms with Crippen molar-refractivity contribution in [2.75, 3.05) is 19.6 Å². The van der Waals surface area contributed by atoms with Crippen molar-refractivity contribution in [2.24, 2.45) is 0 Å². The third kappa shape index (κ3) is 3.54. The molecule has 17 heavy (non-hydrogen) atoms. The second kappa shape index (κ2) is 6.17. The summed E-state index contributed by atoms with van der Waals surface area (Å²) in [5, 5.41) is 3.56. The Morgan fingerprint density at radius 1 is 1.53 bits per heavy atom. The number of nitrogens with zero attached hydrogens (tertiary/aromatic N) is 2. The van der Waals surface area contributed by atoms with Crippen LogP contribution < -0.4 is 5.32 Å². The maximum absolute atomic E-state index is 5.66. The number of piperazine rings is 1. The lowest BCUT2D eigenvalue weighted by atomic mass is 10.1. The molecule has 0 aromatic carbocycles. The van der Waals surface area contributed by atoms with Gasteiger partial charge in [-0.05, 0) is 6.42 Å². The van der Waals surface area contributed by atoms with Gasteiger partial charge in [0.05, 0.1) is 12.7 Å².